The third kappa shape index (κ3) is 6.08. The maximum Gasteiger partial charge on any atom is 0.251 e. The lowest BCUT2D eigenvalue weighted by molar-refractivity contribution is -0.113. The van der Waals surface area contributed by atoms with Gasteiger partial charge in [-0.3, -0.25) is 9.59 Å². The van der Waals surface area contributed by atoms with E-state index in [0.717, 1.165) is 11.3 Å². The summed E-state index contributed by atoms with van der Waals surface area (Å²) in [5.74, 6) is 0.496. The fourth-order valence-corrected chi connectivity index (χ4v) is 3.87. The van der Waals surface area contributed by atoms with Crippen LogP contribution >= 0.6 is 23.4 Å². The van der Waals surface area contributed by atoms with Crippen LogP contribution < -0.4 is 10.6 Å². The number of amides is 2. The number of thioether (sulfide) groups is 1. The standard InChI is InChI=1S/C22H24ClN5O2S/c1-4-28-20(15(3)24-21(30)16-7-9-17(23)10-8-16)26-27-22(28)31-13-19(29)25-18-11-5-14(2)6-12-18/h5-12,15H,4,13H2,1-3H3,(H,24,30)(H,25,29)/t15-/m0/s1. The van der Waals surface area contributed by atoms with Crippen molar-refractivity contribution in [1.29, 1.82) is 0 Å². The zero-order valence-electron chi connectivity index (χ0n) is 17.6. The molecule has 0 aliphatic carbocycles. The summed E-state index contributed by atoms with van der Waals surface area (Å²) in [6, 6.07) is 14.0. The van der Waals surface area contributed by atoms with Crippen LogP contribution in [0, 0.1) is 6.92 Å². The smallest absolute Gasteiger partial charge is 0.251 e. The van der Waals surface area contributed by atoms with Crippen LogP contribution in [0.5, 0.6) is 0 Å². The molecule has 9 heteroatoms. The molecular weight excluding hydrogens is 434 g/mol. The molecule has 2 N–H and O–H groups in total. The Kier molecular flexibility index (Phi) is 7.70. The number of nitrogens with one attached hydrogen (secondary N) is 2. The molecule has 0 fully saturated rings. The van der Waals surface area contributed by atoms with Crippen molar-refractivity contribution in [3.63, 3.8) is 0 Å². The molecule has 0 saturated carbocycles. The Labute approximate surface area is 190 Å². The summed E-state index contributed by atoms with van der Waals surface area (Å²) in [6.07, 6.45) is 0. The van der Waals surface area contributed by atoms with Gasteiger partial charge >= 0.3 is 0 Å². The maximum absolute atomic E-state index is 12.5. The third-order valence-corrected chi connectivity index (χ3v) is 5.79. The van der Waals surface area contributed by atoms with Gasteiger partial charge < -0.3 is 15.2 Å². The summed E-state index contributed by atoms with van der Waals surface area (Å²) < 4.78 is 1.90. The van der Waals surface area contributed by atoms with Crippen LogP contribution in [0.1, 0.15) is 41.6 Å². The van der Waals surface area contributed by atoms with Gasteiger partial charge in [0, 0.05) is 22.8 Å². The molecule has 31 heavy (non-hydrogen) atoms. The first-order chi connectivity index (χ1) is 14.9. The fourth-order valence-electron chi connectivity index (χ4n) is 2.93. The van der Waals surface area contributed by atoms with E-state index >= 15 is 0 Å². The highest BCUT2D eigenvalue weighted by molar-refractivity contribution is 7.99. The summed E-state index contributed by atoms with van der Waals surface area (Å²) >= 11 is 7.19. The molecule has 0 bridgehead atoms. The van der Waals surface area contributed by atoms with Gasteiger partial charge in [0.05, 0.1) is 11.8 Å². The van der Waals surface area contributed by atoms with Crippen molar-refractivity contribution in [2.24, 2.45) is 0 Å². The van der Waals surface area contributed by atoms with E-state index in [0.29, 0.717) is 28.1 Å². The Morgan fingerprint density at radius 2 is 1.77 bits per heavy atom. The Balaban J connectivity index is 1.61. The second-order valence-corrected chi connectivity index (χ2v) is 8.37. The minimum absolute atomic E-state index is 0.120. The number of rotatable bonds is 8. The largest absolute Gasteiger partial charge is 0.342 e. The van der Waals surface area contributed by atoms with Crippen molar-refractivity contribution in [3.8, 4) is 0 Å². The normalized spacial score (nSPS) is 11.7. The highest BCUT2D eigenvalue weighted by Gasteiger charge is 2.20. The molecule has 1 heterocycles. The highest BCUT2D eigenvalue weighted by Crippen LogP contribution is 2.21. The Morgan fingerprint density at radius 1 is 1.10 bits per heavy atom. The fraction of sp³-hybridized carbons (Fsp3) is 0.273. The highest BCUT2D eigenvalue weighted by atomic mass is 35.5. The van der Waals surface area contributed by atoms with E-state index in [4.69, 9.17) is 11.6 Å². The van der Waals surface area contributed by atoms with Gasteiger partial charge in [0.1, 0.15) is 0 Å². The Bertz CT molecular complexity index is 1050. The number of carbonyl (C=O) groups excluding carboxylic acids is 2. The molecule has 162 valence electrons. The molecule has 0 saturated heterocycles. The number of aryl methyl sites for hydroxylation is 1. The second kappa shape index (κ2) is 10.5. The first-order valence-electron chi connectivity index (χ1n) is 9.86. The monoisotopic (exact) mass is 457 g/mol. The van der Waals surface area contributed by atoms with Crippen molar-refractivity contribution in [2.75, 3.05) is 11.1 Å². The van der Waals surface area contributed by atoms with Crippen LogP contribution in [-0.2, 0) is 11.3 Å². The van der Waals surface area contributed by atoms with Crippen LogP contribution in [0.3, 0.4) is 0 Å². The average Bonchev–Trinajstić information content (AvgIpc) is 3.17. The van der Waals surface area contributed by atoms with E-state index in [1.807, 2.05) is 49.6 Å². The molecule has 3 rings (SSSR count). The summed E-state index contributed by atoms with van der Waals surface area (Å²) in [5, 5.41) is 15.5. The van der Waals surface area contributed by atoms with E-state index in [2.05, 4.69) is 20.8 Å². The minimum Gasteiger partial charge on any atom is -0.342 e. The lowest BCUT2D eigenvalue weighted by atomic mass is 10.2. The van der Waals surface area contributed by atoms with Crippen LogP contribution in [0.15, 0.2) is 53.7 Å². The molecule has 0 aliphatic rings. The maximum atomic E-state index is 12.5. The van der Waals surface area contributed by atoms with Crippen molar-refractivity contribution < 1.29 is 9.59 Å². The van der Waals surface area contributed by atoms with Gasteiger partial charge in [-0.05, 0) is 57.2 Å². The van der Waals surface area contributed by atoms with Gasteiger partial charge in [0.15, 0.2) is 11.0 Å². The summed E-state index contributed by atoms with van der Waals surface area (Å²) in [4.78, 5) is 24.8. The zero-order chi connectivity index (χ0) is 22.4. The molecule has 3 aromatic rings. The molecular formula is C22H24ClN5O2S. The Hall–Kier alpha value is -2.84. The lowest BCUT2D eigenvalue weighted by Crippen LogP contribution is -2.28. The number of benzene rings is 2. The first-order valence-corrected chi connectivity index (χ1v) is 11.2. The molecule has 2 aromatic carbocycles. The molecule has 0 spiro atoms. The van der Waals surface area contributed by atoms with Gasteiger partial charge in [0.2, 0.25) is 5.91 Å². The van der Waals surface area contributed by atoms with E-state index in [9.17, 15) is 9.59 Å². The van der Waals surface area contributed by atoms with Crippen LogP contribution in [-0.4, -0.2) is 32.3 Å². The van der Waals surface area contributed by atoms with E-state index in [1.54, 1.807) is 24.3 Å². The van der Waals surface area contributed by atoms with E-state index in [1.165, 1.54) is 11.8 Å². The van der Waals surface area contributed by atoms with E-state index in [-0.39, 0.29) is 23.6 Å². The second-order valence-electron chi connectivity index (χ2n) is 6.99. The average molecular weight is 458 g/mol. The van der Waals surface area contributed by atoms with Gasteiger partial charge in [0.25, 0.3) is 5.91 Å². The molecule has 7 nitrogen and oxygen atoms in total. The van der Waals surface area contributed by atoms with Crippen molar-refractivity contribution in [2.45, 2.75) is 38.5 Å². The van der Waals surface area contributed by atoms with Gasteiger partial charge in [-0.15, -0.1) is 10.2 Å². The van der Waals surface area contributed by atoms with Gasteiger partial charge in [-0.25, -0.2) is 0 Å². The lowest BCUT2D eigenvalue weighted by Gasteiger charge is -2.15. The van der Waals surface area contributed by atoms with Crippen LogP contribution in [0.25, 0.3) is 0 Å². The molecule has 1 atom stereocenters. The third-order valence-electron chi connectivity index (χ3n) is 4.57. The number of aromatic nitrogens is 3. The summed E-state index contributed by atoms with van der Waals surface area (Å²) in [6.45, 7) is 6.43. The first kappa shape index (κ1) is 22.8. The predicted molar refractivity (Wildman–Crippen MR) is 124 cm³/mol. The summed E-state index contributed by atoms with van der Waals surface area (Å²) in [5.41, 5.74) is 2.40. The number of hydrogen-bond acceptors (Lipinski definition) is 5. The minimum atomic E-state index is -0.355. The number of anilines is 1. The number of halogens is 1. The summed E-state index contributed by atoms with van der Waals surface area (Å²) in [7, 11) is 0. The van der Waals surface area contributed by atoms with Crippen LogP contribution in [0.4, 0.5) is 5.69 Å². The zero-order valence-corrected chi connectivity index (χ0v) is 19.1. The number of hydrogen-bond donors (Lipinski definition) is 2. The van der Waals surface area contributed by atoms with Gasteiger partial charge in [-0.1, -0.05) is 41.1 Å². The van der Waals surface area contributed by atoms with Crippen molar-refractivity contribution in [1.82, 2.24) is 20.1 Å². The SMILES string of the molecule is CCn1c(SCC(=O)Nc2ccc(C)cc2)nnc1[C@H](C)NC(=O)c1ccc(Cl)cc1. The van der Waals surface area contributed by atoms with Crippen molar-refractivity contribution >= 4 is 40.9 Å². The van der Waals surface area contributed by atoms with Gasteiger partial charge in [-0.2, -0.15) is 0 Å². The molecule has 0 aliphatic heterocycles. The predicted octanol–water partition coefficient (Wildman–Crippen LogP) is 4.48. The molecule has 1 aromatic heterocycles. The number of nitrogens with zero attached hydrogens (tertiary/aromatic N) is 3. The number of carbonyl (C=O) groups is 2. The van der Waals surface area contributed by atoms with E-state index < -0.39 is 0 Å². The van der Waals surface area contributed by atoms with Crippen molar-refractivity contribution in [3.05, 3.63) is 70.5 Å². The molecule has 0 unspecified atom stereocenters. The van der Waals surface area contributed by atoms with Crippen LogP contribution in [0.2, 0.25) is 5.02 Å². The quantitative estimate of drug-likeness (QED) is 0.487. The Morgan fingerprint density at radius 3 is 2.42 bits per heavy atom. The molecule has 2 amide bonds. The topological polar surface area (TPSA) is 88.9 Å². The molecule has 0 radical (unpaired) electrons.